The Hall–Kier alpha value is -1.66. The summed E-state index contributed by atoms with van der Waals surface area (Å²) >= 11 is 3.46. The van der Waals surface area contributed by atoms with E-state index in [1.54, 1.807) is 24.3 Å². The van der Waals surface area contributed by atoms with Crippen LogP contribution in [0.2, 0.25) is 0 Å². The van der Waals surface area contributed by atoms with Gasteiger partial charge in [0.1, 0.15) is 5.75 Å². The zero-order valence-corrected chi connectivity index (χ0v) is 15.6. The van der Waals surface area contributed by atoms with Gasteiger partial charge in [-0.2, -0.15) is 0 Å². The SMILES string of the molecule is Cc1ccc(S(=O)(=O)CC(=O)Nc2cc(C)c(Br)c(C)c2)cc1. The molecule has 1 amide bonds. The lowest BCUT2D eigenvalue weighted by atomic mass is 10.1. The van der Waals surface area contributed by atoms with Gasteiger partial charge in [-0.3, -0.25) is 4.79 Å². The number of amides is 1. The van der Waals surface area contributed by atoms with Crippen LogP contribution in [-0.4, -0.2) is 20.1 Å². The van der Waals surface area contributed by atoms with Crippen molar-refractivity contribution in [3.63, 3.8) is 0 Å². The Balaban J connectivity index is 2.14. The minimum atomic E-state index is -3.65. The summed E-state index contributed by atoms with van der Waals surface area (Å²) in [4.78, 5) is 12.2. The normalized spacial score (nSPS) is 11.3. The van der Waals surface area contributed by atoms with Crippen molar-refractivity contribution in [2.24, 2.45) is 0 Å². The first-order valence-corrected chi connectivity index (χ1v) is 9.49. The van der Waals surface area contributed by atoms with Gasteiger partial charge in [0.05, 0.1) is 4.90 Å². The molecule has 2 rings (SSSR count). The molecule has 122 valence electrons. The maximum absolute atomic E-state index is 12.3. The highest BCUT2D eigenvalue weighted by molar-refractivity contribution is 9.10. The number of hydrogen-bond acceptors (Lipinski definition) is 3. The number of halogens is 1. The molecule has 4 nitrogen and oxygen atoms in total. The van der Waals surface area contributed by atoms with Gasteiger partial charge in [0.2, 0.25) is 5.91 Å². The molecule has 0 aliphatic heterocycles. The number of benzene rings is 2. The van der Waals surface area contributed by atoms with E-state index >= 15 is 0 Å². The van der Waals surface area contributed by atoms with Crippen LogP contribution in [0.15, 0.2) is 45.8 Å². The topological polar surface area (TPSA) is 63.2 Å². The predicted octanol–water partition coefficient (Wildman–Crippen LogP) is 3.79. The standard InChI is InChI=1S/C17H18BrNO3S/c1-11-4-6-15(7-5-11)23(21,22)10-16(20)19-14-8-12(2)17(18)13(3)9-14/h4-9H,10H2,1-3H3,(H,19,20). The van der Waals surface area contributed by atoms with Crippen LogP contribution in [0.1, 0.15) is 16.7 Å². The second kappa shape index (κ2) is 6.84. The summed E-state index contributed by atoms with van der Waals surface area (Å²) in [7, 11) is -3.65. The highest BCUT2D eigenvalue weighted by Gasteiger charge is 2.19. The Bertz CT molecular complexity index is 820. The molecule has 0 unspecified atom stereocenters. The average molecular weight is 396 g/mol. The van der Waals surface area contributed by atoms with E-state index in [-0.39, 0.29) is 4.90 Å². The minimum absolute atomic E-state index is 0.154. The molecular formula is C17H18BrNO3S. The van der Waals surface area contributed by atoms with E-state index in [1.807, 2.05) is 20.8 Å². The summed E-state index contributed by atoms with van der Waals surface area (Å²) < 4.78 is 25.5. The van der Waals surface area contributed by atoms with E-state index < -0.39 is 21.5 Å². The Kier molecular flexibility index (Phi) is 5.26. The molecular weight excluding hydrogens is 378 g/mol. The number of sulfone groups is 1. The summed E-state index contributed by atoms with van der Waals surface area (Å²) in [5.41, 5.74) is 3.50. The Labute approximate surface area is 145 Å². The quantitative estimate of drug-likeness (QED) is 0.856. The van der Waals surface area contributed by atoms with Crippen LogP contribution in [0.5, 0.6) is 0 Å². The molecule has 1 N–H and O–H groups in total. The lowest BCUT2D eigenvalue weighted by Gasteiger charge is -2.10. The number of nitrogens with one attached hydrogen (secondary N) is 1. The molecule has 0 atom stereocenters. The average Bonchev–Trinajstić information content (AvgIpc) is 2.44. The second-order valence-electron chi connectivity index (χ2n) is 5.54. The smallest absolute Gasteiger partial charge is 0.239 e. The first-order valence-electron chi connectivity index (χ1n) is 7.05. The van der Waals surface area contributed by atoms with Crippen LogP contribution in [0.25, 0.3) is 0 Å². The van der Waals surface area contributed by atoms with Gasteiger partial charge in [-0.25, -0.2) is 8.42 Å². The van der Waals surface area contributed by atoms with Crippen LogP contribution < -0.4 is 5.32 Å². The van der Waals surface area contributed by atoms with Crippen molar-refractivity contribution in [2.45, 2.75) is 25.7 Å². The van der Waals surface area contributed by atoms with Crippen molar-refractivity contribution in [1.82, 2.24) is 0 Å². The van der Waals surface area contributed by atoms with Gasteiger partial charge in [0.15, 0.2) is 9.84 Å². The number of anilines is 1. The summed E-state index contributed by atoms with van der Waals surface area (Å²) in [5, 5.41) is 2.65. The lowest BCUT2D eigenvalue weighted by molar-refractivity contribution is -0.113. The monoisotopic (exact) mass is 395 g/mol. The number of carbonyl (C=O) groups excluding carboxylic acids is 1. The third-order valence-electron chi connectivity index (χ3n) is 3.42. The van der Waals surface area contributed by atoms with E-state index in [9.17, 15) is 13.2 Å². The molecule has 0 saturated carbocycles. The summed E-state index contributed by atoms with van der Waals surface area (Å²) in [6.45, 7) is 5.70. The van der Waals surface area contributed by atoms with Gasteiger partial charge in [0, 0.05) is 10.2 Å². The summed E-state index contributed by atoms with van der Waals surface area (Å²) in [5.74, 6) is -1.13. The summed E-state index contributed by atoms with van der Waals surface area (Å²) in [6.07, 6.45) is 0. The third-order valence-corrected chi connectivity index (χ3v) is 6.30. The van der Waals surface area contributed by atoms with E-state index in [2.05, 4.69) is 21.2 Å². The minimum Gasteiger partial charge on any atom is -0.325 e. The van der Waals surface area contributed by atoms with Crippen molar-refractivity contribution in [3.05, 3.63) is 57.6 Å². The molecule has 0 aliphatic carbocycles. The Morgan fingerprint density at radius 2 is 1.57 bits per heavy atom. The molecule has 0 heterocycles. The van der Waals surface area contributed by atoms with Gasteiger partial charge in [-0.1, -0.05) is 33.6 Å². The fourth-order valence-electron chi connectivity index (χ4n) is 2.22. The fourth-order valence-corrected chi connectivity index (χ4v) is 3.58. The lowest BCUT2D eigenvalue weighted by Crippen LogP contribution is -2.23. The first-order chi connectivity index (χ1) is 10.7. The number of hydrogen-bond donors (Lipinski definition) is 1. The van der Waals surface area contributed by atoms with Crippen molar-refractivity contribution >= 4 is 37.4 Å². The summed E-state index contributed by atoms with van der Waals surface area (Å²) in [6, 6.07) is 10.1. The molecule has 6 heteroatoms. The Morgan fingerprint density at radius 1 is 1.04 bits per heavy atom. The van der Waals surface area contributed by atoms with Gasteiger partial charge in [-0.05, 0) is 56.2 Å². The number of rotatable bonds is 4. The molecule has 2 aromatic carbocycles. The van der Waals surface area contributed by atoms with E-state index in [0.717, 1.165) is 21.2 Å². The van der Waals surface area contributed by atoms with E-state index in [4.69, 9.17) is 0 Å². The van der Waals surface area contributed by atoms with Crippen LogP contribution >= 0.6 is 15.9 Å². The zero-order valence-electron chi connectivity index (χ0n) is 13.2. The third kappa shape index (κ3) is 4.42. The molecule has 0 bridgehead atoms. The van der Waals surface area contributed by atoms with Crippen LogP contribution in [0.4, 0.5) is 5.69 Å². The first kappa shape index (κ1) is 17.7. The molecule has 0 fully saturated rings. The van der Waals surface area contributed by atoms with Crippen molar-refractivity contribution in [2.75, 3.05) is 11.1 Å². The van der Waals surface area contributed by atoms with Gasteiger partial charge in [-0.15, -0.1) is 0 Å². The molecule has 0 aromatic heterocycles. The largest absolute Gasteiger partial charge is 0.325 e. The predicted molar refractivity (Wildman–Crippen MR) is 95.5 cm³/mol. The highest BCUT2D eigenvalue weighted by atomic mass is 79.9. The molecule has 23 heavy (non-hydrogen) atoms. The highest BCUT2D eigenvalue weighted by Crippen LogP contribution is 2.25. The van der Waals surface area contributed by atoms with E-state index in [0.29, 0.717) is 5.69 Å². The van der Waals surface area contributed by atoms with Gasteiger partial charge < -0.3 is 5.32 Å². The maximum atomic E-state index is 12.3. The van der Waals surface area contributed by atoms with Crippen LogP contribution in [-0.2, 0) is 14.6 Å². The number of carbonyl (C=O) groups is 1. The Morgan fingerprint density at radius 3 is 2.09 bits per heavy atom. The fraction of sp³-hybridized carbons (Fsp3) is 0.235. The van der Waals surface area contributed by atoms with Gasteiger partial charge in [0.25, 0.3) is 0 Å². The van der Waals surface area contributed by atoms with Crippen molar-refractivity contribution in [1.29, 1.82) is 0 Å². The molecule has 0 spiro atoms. The zero-order chi connectivity index (χ0) is 17.2. The van der Waals surface area contributed by atoms with E-state index in [1.165, 1.54) is 12.1 Å². The van der Waals surface area contributed by atoms with Crippen molar-refractivity contribution < 1.29 is 13.2 Å². The van der Waals surface area contributed by atoms with Crippen molar-refractivity contribution in [3.8, 4) is 0 Å². The molecule has 0 aliphatic rings. The molecule has 0 radical (unpaired) electrons. The maximum Gasteiger partial charge on any atom is 0.239 e. The second-order valence-corrected chi connectivity index (χ2v) is 8.33. The van der Waals surface area contributed by atoms with Gasteiger partial charge >= 0.3 is 0 Å². The van der Waals surface area contributed by atoms with Crippen LogP contribution in [0, 0.1) is 20.8 Å². The number of aryl methyl sites for hydroxylation is 3. The van der Waals surface area contributed by atoms with Crippen LogP contribution in [0.3, 0.4) is 0 Å². The molecule has 2 aromatic rings. The molecule has 0 saturated heterocycles.